The van der Waals surface area contributed by atoms with Gasteiger partial charge in [0, 0.05) is 11.9 Å². The van der Waals surface area contributed by atoms with E-state index in [1.807, 2.05) is 49.4 Å². The highest BCUT2D eigenvalue weighted by molar-refractivity contribution is 6.10. The number of benzene rings is 2. The Morgan fingerprint density at radius 3 is 2.38 bits per heavy atom. The van der Waals surface area contributed by atoms with E-state index in [0.717, 1.165) is 5.56 Å². The third kappa shape index (κ3) is 3.43. The zero-order valence-corrected chi connectivity index (χ0v) is 17.1. The number of carbonyl (C=O) groups is 1. The van der Waals surface area contributed by atoms with Crippen molar-refractivity contribution in [2.75, 3.05) is 5.32 Å². The van der Waals surface area contributed by atoms with Crippen molar-refractivity contribution in [3.63, 3.8) is 0 Å². The number of anilines is 1. The predicted molar refractivity (Wildman–Crippen MR) is 121 cm³/mol. The second-order valence-corrected chi connectivity index (χ2v) is 7.22. The SMILES string of the molecule is Cc1ccc(-n2nc(C(=O)Nc3ccccc3)c3c(=O)n(-c4ccccn4)cnc32)cc1. The second-order valence-electron chi connectivity index (χ2n) is 7.22. The first-order valence-corrected chi connectivity index (χ1v) is 9.97. The molecule has 0 aliphatic carbocycles. The predicted octanol–water partition coefficient (Wildman–Crippen LogP) is 3.53. The molecule has 0 saturated heterocycles. The molecule has 156 valence electrons. The van der Waals surface area contributed by atoms with Gasteiger partial charge in [0.05, 0.1) is 5.69 Å². The molecule has 0 unspecified atom stereocenters. The summed E-state index contributed by atoms with van der Waals surface area (Å²) >= 11 is 0. The van der Waals surface area contributed by atoms with Gasteiger partial charge in [0.2, 0.25) is 0 Å². The Morgan fingerprint density at radius 2 is 1.66 bits per heavy atom. The molecular formula is C24H18N6O2. The van der Waals surface area contributed by atoms with E-state index in [0.29, 0.717) is 22.8 Å². The number of hydrogen-bond acceptors (Lipinski definition) is 5. The summed E-state index contributed by atoms with van der Waals surface area (Å²) in [6.45, 7) is 1.98. The molecule has 1 N–H and O–H groups in total. The number of aryl methyl sites for hydroxylation is 1. The lowest BCUT2D eigenvalue weighted by Crippen LogP contribution is -2.22. The lowest BCUT2D eigenvalue weighted by Gasteiger charge is -2.05. The molecule has 32 heavy (non-hydrogen) atoms. The number of pyridine rings is 1. The van der Waals surface area contributed by atoms with Gasteiger partial charge >= 0.3 is 0 Å². The highest BCUT2D eigenvalue weighted by atomic mass is 16.2. The summed E-state index contributed by atoms with van der Waals surface area (Å²) in [4.78, 5) is 35.3. The Labute approximate surface area is 182 Å². The van der Waals surface area contributed by atoms with Gasteiger partial charge in [-0.15, -0.1) is 0 Å². The van der Waals surface area contributed by atoms with Crippen molar-refractivity contribution in [3.8, 4) is 11.5 Å². The van der Waals surface area contributed by atoms with E-state index < -0.39 is 11.5 Å². The largest absolute Gasteiger partial charge is 0.321 e. The third-order valence-electron chi connectivity index (χ3n) is 5.01. The number of carbonyl (C=O) groups excluding carboxylic acids is 1. The molecule has 2 aromatic carbocycles. The Hall–Kier alpha value is -4.59. The Bertz CT molecular complexity index is 1470. The molecule has 8 heteroatoms. The average molecular weight is 422 g/mol. The zero-order chi connectivity index (χ0) is 22.1. The maximum Gasteiger partial charge on any atom is 0.277 e. The van der Waals surface area contributed by atoms with Crippen molar-refractivity contribution in [3.05, 3.63) is 107 Å². The topological polar surface area (TPSA) is 94.7 Å². The molecule has 0 aliphatic heterocycles. The number of nitrogens with zero attached hydrogens (tertiary/aromatic N) is 5. The van der Waals surface area contributed by atoms with Crippen LogP contribution < -0.4 is 10.9 Å². The first kappa shape index (κ1) is 19.4. The van der Waals surface area contributed by atoms with Crippen molar-refractivity contribution in [1.82, 2.24) is 24.3 Å². The summed E-state index contributed by atoms with van der Waals surface area (Å²) in [5.41, 5.74) is 2.24. The summed E-state index contributed by atoms with van der Waals surface area (Å²) in [5, 5.41) is 7.41. The van der Waals surface area contributed by atoms with Gasteiger partial charge in [-0.2, -0.15) is 5.10 Å². The van der Waals surface area contributed by atoms with Crippen LogP contribution in [0.5, 0.6) is 0 Å². The van der Waals surface area contributed by atoms with Gasteiger partial charge < -0.3 is 5.32 Å². The van der Waals surface area contributed by atoms with Crippen LogP contribution in [-0.4, -0.2) is 30.2 Å². The molecule has 8 nitrogen and oxygen atoms in total. The van der Waals surface area contributed by atoms with Crippen LogP contribution in [0.4, 0.5) is 5.69 Å². The Morgan fingerprint density at radius 1 is 0.906 bits per heavy atom. The Kier molecular flexibility index (Phi) is 4.79. The number of aromatic nitrogens is 5. The number of para-hydroxylation sites is 1. The molecular weight excluding hydrogens is 404 g/mol. The van der Waals surface area contributed by atoms with Crippen molar-refractivity contribution in [2.45, 2.75) is 6.92 Å². The maximum atomic E-state index is 13.5. The number of nitrogens with one attached hydrogen (secondary N) is 1. The van der Waals surface area contributed by atoms with Gasteiger partial charge in [0.25, 0.3) is 11.5 Å². The van der Waals surface area contributed by atoms with Crippen LogP contribution in [0.3, 0.4) is 0 Å². The lowest BCUT2D eigenvalue weighted by molar-refractivity contribution is 0.102. The lowest BCUT2D eigenvalue weighted by atomic mass is 10.2. The monoisotopic (exact) mass is 422 g/mol. The highest BCUT2D eigenvalue weighted by Crippen LogP contribution is 2.20. The summed E-state index contributed by atoms with van der Waals surface area (Å²) in [6.07, 6.45) is 2.99. The molecule has 0 aliphatic rings. The second kappa shape index (κ2) is 7.92. The fraction of sp³-hybridized carbons (Fsp3) is 0.0417. The van der Waals surface area contributed by atoms with Crippen LogP contribution in [0.2, 0.25) is 0 Å². The first-order valence-electron chi connectivity index (χ1n) is 9.97. The molecule has 0 fully saturated rings. The van der Waals surface area contributed by atoms with Crippen molar-refractivity contribution in [1.29, 1.82) is 0 Å². The fourth-order valence-electron chi connectivity index (χ4n) is 3.41. The van der Waals surface area contributed by atoms with Crippen molar-refractivity contribution in [2.24, 2.45) is 0 Å². The van der Waals surface area contributed by atoms with Gasteiger partial charge in [-0.05, 0) is 43.3 Å². The summed E-state index contributed by atoms with van der Waals surface area (Å²) in [5.74, 6) is -0.0888. The van der Waals surface area contributed by atoms with E-state index in [2.05, 4.69) is 20.4 Å². The quantitative estimate of drug-likeness (QED) is 0.478. The van der Waals surface area contributed by atoms with Crippen LogP contribution in [0.15, 0.2) is 90.1 Å². The van der Waals surface area contributed by atoms with Crippen LogP contribution in [-0.2, 0) is 0 Å². The molecule has 0 bridgehead atoms. The van der Waals surface area contributed by atoms with Gasteiger partial charge in [0.1, 0.15) is 17.5 Å². The Balaban J connectivity index is 1.72. The smallest absolute Gasteiger partial charge is 0.277 e. The van der Waals surface area contributed by atoms with E-state index in [4.69, 9.17) is 0 Å². The molecule has 0 radical (unpaired) electrons. The minimum Gasteiger partial charge on any atom is -0.321 e. The van der Waals surface area contributed by atoms with Crippen LogP contribution in [0, 0.1) is 6.92 Å². The minimum absolute atomic E-state index is 0.00721. The molecule has 0 atom stereocenters. The summed E-state index contributed by atoms with van der Waals surface area (Å²) < 4.78 is 2.82. The molecule has 3 heterocycles. The van der Waals surface area contributed by atoms with E-state index >= 15 is 0 Å². The van der Waals surface area contributed by atoms with Gasteiger partial charge in [-0.3, -0.25) is 14.2 Å². The third-order valence-corrected chi connectivity index (χ3v) is 5.01. The van der Waals surface area contributed by atoms with Gasteiger partial charge in [0.15, 0.2) is 11.3 Å². The molecule has 0 spiro atoms. The normalized spacial score (nSPS) is 10.9. The number of hydrogen-bond donors (Lipinski definition) is 1. The molecule has 3 aromatic heterocycles. The maximum absolute atomic E-state index is 13.5. The average Bonchev–Trinajstić information content (AvgIpc) is 3.22. The number of amides is 1. The summed E-state index contributed by atoms with van der Waals surface area (Å²) in [7, 11) is 0. The molecule has 0 saturated carbocycles. The fourth-order valence-corrected chi connectivity index (χ4v) is 3.41. The van der Waals surface area contributed by atoms with Crippen LogP contribution in [0.1, 0.15) is 16.1 Å². The molecule has 5 rings (SSSR count). The van der Waals surface area contributed by atoms with Crippen molar-refractivity contribution < 1.29 is 4.79 Å². The van der Waals surface area contributed by atoms with Crippen molar-refractivity contribution >= 4 is 22.6 Å². The minimum atomic E-state index is -0.496. The van der Waals surface area contributed by atoms with E-state index in [1.165, 1.54) is 15.6 Å². The van der Waals surface area contributed by atoms with Gasteiger partial charge in [-0.25, -0.2) is 14.6 Å². The van der Waals surface area contributed by atoms with Crippen LogP contribution in [0.25, 0.3) is 22.5 Å². The van der Waals surface area contributed by atoms with E-state index in [1.54, 1.807) is 36.5 Å². The zero-order valence-electron chi connectivity index (χ0n) is 17.1. The molecule has 1 amide bonds. The summed E-state index contributed by atoms with van der Waals surface area (Å²) in [6, 6.07) is 21.8. The first-order chi connectivity index (χ1) is 15.6. The highest BCUT2D eigenvalue weighted by Gasteiger charge is 2.23. The standard InChI is InChI=1S/C24H18N6O2/c1-16-10-12-18(13-11-16)30-22-20(21(28-30)23(31)27-17-7-3-2-4-8-17)24(32)29(15-26-22)19-9-5-6-14-25-19/h2-15H,1H3,(H,27,31). The van der Waals surface area contributed by atoms with Crippen LogP contribution >= 0.6 is 0 Å². The van der Waals surface area contributed by atoms with E-state index in [9.17, 15) is 9.59 Å². The molecule has 5 aromatic rings. The van der Waals surface area contributed by atoms with Gasteiger partial charge in [-0.1, -0.05) is 42.0 Å². The van der Waals surface area contributed by atoms with E-state index in [-0.39, 0.29) is 11.1 Å². The number of rotatable bonds is 4. The number of fused-ring (bicyclic) bond motifs is 1.